The quantitative estimate of drug-likeness (QED) is 0.558. The summed E-state index contributed by atoms with van der Waals surface area (Å²) in [4.78, 5) is 14.0. The molecule has 0 fully saturated rings. The fourth-order valence-electron chi connectivity index (χ4n) is 2.94. The molecule has 9 heteroatoms. The number of hydrogen-bond donors (Lipinski definition) is 1. The van der Waals surface area contributed by atoms with Gasteiger partial charge in [-0.3, -0.25) is 9.52 Å². The van der Waals surface area contributed by atoms with Crippen molar-refractivity contribution in [1.29, 1.82) is 0 Å². The highest BCUT2D eigenvalue weighted by Crippen LogP contribution is 2.27. The van der Waals surface area contributed by atoms with Crippen molar-refractivity contribution >= 4 is 33.2 Å². The maximum absolute atomic E-state index is 14.0. The Bertz CT molecular complexity index is 1200. The maximum atomic E-state index is 14.0. The van der Waals surface area contributed by atoms with E-state index in [1.54, 1.807) is 24.3 Å². The number of hydrogen-bond acceptors (Lipinski definition) is 4. The van der Waals surface area contributed by atoms with Crippen LogP contribution in [-0.4, -0.2) is 33.4 Å². The second kappa shape index (κ2) is 9.36. The van der Waals surface area contributed by atoms with Gasteiger partial charge in [-0.05, 0) is 42.5 Å². The van der Waals surface area contributed by atoms with Crippen LogP contribution in [0.25, 0.3) is 0 Å². The summed E-state index contributed by atoms with van der Waals surface area (Å²) in [7, 11) is -1.06. The van der Waals surface area contributed by atoms with Gasteiger partial charge in [-0.15, -0.1) is 0 Å². The molecule has 0 aliphatic carbocycles. The molecule has 0 atom stereocenters. The largest absolute Gasteiger partial charge is 0.495 e. The standard InChI is InChI=1S/C22H20ClFN2O4S/c1-26(14-17-18(23)9-6-10-19(17)24)22(27)15-7-5-8-16(13-15)31(28,29)25-20-11-3-4-12-21(20)30-2/h3-13,25H,14H2,1-2H3. The normalized spacial score (nSPS) is 11.1. The molecule has 0 heterocycles. The Balaban J connectivity index is 1.84. The molecule has 3 aromatic rings. The van der Waals surface area contributed by atoms with E-state index in [1.807, 2.05) is 0 Å². The molecule has 0 saturated carbocycles. The molecule has 1 amide bonds. The van der Waals surface area contributed by atoms with Crippen molar-refractivity contribution in [3.63, 3.8) is 0 Å². The average molecular weight is 463 g/mol. The van der Waals surface area contributed by atoms with E-state index >= 15 is 0 Å². The number of sulfonamides is 1. The zero-order chi connectivity index (χ0) is 22.6. The van der Waals surface area contributed by atoms with Crippen LogP contribution in [-0.2, 0) is 16.6 Å². The zero-order valence-corrected chi connectivity index (χ0v) is 18.4. The Morgan fingerprint density at radius 1 is 1.10 bits per heavy atom. The summed E-state index contributed by atoms with van der Waals surface area (Å²) < 4.78 is 47.3. The number of amides is 1. The van der Waals surface area contributed by atoms with Crippen molar-refractivity contribution in [2.75, 3.05) is 18.9 Å². The number of carbonyl (C=O) groups excluding carboxylic acids is 1. The number of ether oxygens (including phenoxy) is 1. The predicted octanol–water partition coefficient (Wildman–Crippen LogP) is 4.56. The van der Waals surface area contributed by atoms with Crippen molar-refractivity contribution < 1.29 is 22.3 Å². The molecule has 0 bridgehead atoms. The van der Waals surface area contributed by atoms with Crippen LogP contribution in [0.15, 0.2) is 71.6 Å². The van der Waals surface area contributed by atoms with Gasteiger partial charge in [0.2, 0.25) is 0 Å². The summed E-state index contributed by atoms with van der Waals surface area (Å²) in [5.74, 6) is -0.641. The Kier molecular flexibility index (Phi) is 6.82. The molecule has 31 heavy (non-hydrogen) atoms. The van der Waals surface area contributed by atoms with Crippen LogP contribution in [0.3, 0.4) is 0 Å². The topological polar surface area (TPSA) is 75.7 Å². The molecule has 0 aliphatic heterocycles. The summed E-state index contributed by atoms with van der Waals surface area (Å²) >= 11 is 6.04. The summed E-state index contributed by atoms with van der Waals surface area (Å²) in [5, 5.41) is 0.206. The van der Waals surface area contributed by atoms with Crippen molar-refractivity contribution in [2.45, 2.75) is 11.4 Å². The molecule has 1 N–H and O–H groups in total. The van der Waals surface area contributed by atoms with Crippen LogP contribution in [0.4, 0.5) is 10.1 Å². The first-order valence-electron chi connectivity index (χ1n) is 9.17. The van der Waals surface area contributed by atoms with Crippen LogP contribution >= 0.6 is 11.6 Å². The van der Waals surface area contributed by atoms with Gasteiger partial charge in [0.25, 0.3) is 15.9 Å². The minimum Gasteiger partial charge on any atom is -0.495 e. The van der Waals surface area contributed by atoms with E-state index in [-0.39, 0.29) is 33.3 Å². The van der Waals surface area contributed by atoms with E-state index < -0.39 is 21.7 Å². The lowest BCUT2D eigenvalue weighted by molar-refractivity contribution is 0.0783. The third-order valence-corrected chi connectivity index (χ3v) is 6.26. The third kappa shape index (κ3) is 5.15. The van der Waals surface area contributed by atoms with Gasteiger partial charge in [0.1, 0.15) is 11.6 Å². The molecule has 0 aromatic heterocycles. The monoisotopic (exact) mass is 462 g/mol. The zero-order valence-electron chi connectivity index (χ0n) is 16.8. The second-order valence-electron chi connectivity index (χ2n) is 6.70. The highest BCUT2D eigenvalue weighted by Gasteiger charge is 2.20. The molecule has 162 valence electrons. The molecule has 6 nitrogen and oxygen atoms in total. The average Bonchev–Trinajstić information content (AvgIpc) is 2.76. The molecular weight excluding hydrogens is 443 g/mol. The molecule has 0 aliphatic rings. The van der Waals surface area contributed by atoms with Gasteiger partial charge in [-0.1, -0.05) is 35.9 Å². The van der Waals surface area contributed by atoms with Crippen LogP contribution < -0.4 is 9.46 Å². The van der Waals surface area contributed by atoms with E-state index in [4.69, 9.17) is 16.3 Å². The van der Waals surface area contributed by atoms with E-state index in [9.17, 15) is 17.6 Å². The Morgan fingerprint density at radius 3 is 2.52 bits per heavy atom. The Hall–Kier alpha value is -3.10. The number of anilines is 1. The number of halogens is 2. The number of benzene rings is 3. The SMILES string of the molecule is COc1ccccc1NS(=O)(=O)c1cccc(C(=O)N(C)Cc2c(F)cccc2Cl)c1. The Labute approximate surface area is 185 Å². The van der Waals surface area contributed by atoms with Gasteiger partial charge in [-0.25, -0.2) is 12.8 Å². The first-order valence-corrected chi connectivity index (χ1v) is 11.0. The van der Waals surface area contributed by atoms with Crippen LogP contribution in [0.1, 0.15) is 15.9 Å². The number of rotatable bonds is 7. The lowest BCUT2D eigenvalue weighted by Crippen LogP contribution is -2.27. The molecular formula is C22H20ClFN2O4S. The van der Waals surface area contributed by atoms with E-state index in [0.29, 0.717) is 5.75 Å². The van der Waals surface area contributed by atoms with Crippen LogP contribution in [0, 0.1) is 5.82 Å². The minimum atomic E-state index is -3.98. The molecule has 0 unspecified atom stereocenters. The lowest BCUT2D eigenvalue weighted by Gasteiger charge is -2.19. The van der Waals surface area contributed by atoms with Gasteiger partial charge < -0.3 is 9.64 Å². The fraction of sp³-hybridized carbons (Fsp3) is 0.136. The van der Waals surface area contributed by atoms with E-state index in [1.165, 1.54) is 61.5 Å². The first-order chi connectivity index (χ1) is 14.7. The summed E-state index contributed by atoms with van der Waals surface area (Å²) in [6.07, 6.45) is 0. The summed E-state index contributed by atoms with van der Waals surface area (Å²) in [6, 6.07) is 16.4. The van der Waals surface area contributed by atoms with Crippen LogP contribution in [0.5, 0.6) is 5.75 Å². The number of nitrogens with one attached hydrogen (secondary N) is 1. The number of nitrogens with zero attached hydrogens (tertiary/aromatic N) is 1. The highest BCUT2D eigenvalue weighted by molar-refractivity contribution is 7.92. The summed E-state index contributed by atoms with van der Waals surface area (Å²) in [5.41, 5.74) is 0.590. The minimum absolute atomic E-state index is 0.0687. The summed E-state index contributed by atoms with van der Waals surface area (Å²) in [6.45, 7) is -0.0687. The molecule has 0 spiro atoms. The first kappa shape index (κ1) is 22.6. The van der Waals surface area contributed by atoms with Crippen molar-refractivity contribution in [3.8, 4) is 5.75 Å². The molecule has 3 aromatic carbocycles. The third-order valence-electron chi connectivity index (χ3n) is 4.55. The predicted molar refractivity (Wildman–Crippen MR) is 117 cm³/mol. The molecule has 0 saturated heterocycles. The van der Waals surface area contributed by atoms with E-state index in [2.05, 4.69) is 4.72 Å². The van der Waals surface area contributed by atoms with Gasteiger partial charge in [0.15, 0.2) is 0 Å². The van der Waals surface area contributed by atoms with Gasteiger partial charge in [0, 0.05) is 29.7 Å². The lowest BCUT2D eigenvalue weighted by atomic mass is 10.1. The Morgan fingerprint density at radius 2 is 1.81 bits per heavy atom. The van der Waals surface area contributed by atoms with E-state index in [0.717, 1.165) is 0 Å². The van der Waals surface area contributed by atoms with Gasteiger partial charge in [0.05, 0.1) is 17.7 Å². The number of carbonyl (C=O) groups is 1. The maximum Gasteiger partial charge on any atom is 0.262 e. The van der Waals surface area contributed by atoms with Crippen LogP contribution in [0.2, 0.25) is 5.02 Å². The smallest absolute Gasteiger partial charge is 0.262 e. The van der Waals surface area contributed by atoms with Crippen molar-refractivity contribution in [2.24, 2.45) is 0 Å². The number of methoxy groups -OCH3 is 1. The van der Waals surface area contributed by atoms with Gasteiger partial charge >= 0.3 is 0 Å². The van der Waals surface area contributed by atoms with Gasteiger partial charge in [-0.2, -0.15) is 0 Å². The highest BCUT2D eigenvalue weighted by atomic mass is 35.5. The second-order valence-corrected chi connectivity index (χ2v) is 8.78. The number of para-hydroxylation sites is 2. The fourth-order valence-corrected chi connectivity index (χ4v) is 4.28. The van der Waals surface area contributed by atoms with Crippen molar-refractivity contribution in [3.05, 3.63) is 88.7 Å². The van der Waals surface area contributed by atoms with Crippen molar-refractivity contribution in [1.82, 2.24) is 4.90 Å². The molecule has 3 rings (SSSR count). The molecule has 0 radical (unpaired) electrons.